The number of hydrogen-bond acceptors (Lipinski definition) is 5. The third kappa shape index (κ3) is 7.79. The summed E-state index contributed by atoms with van der Waals surface area (Å²) in [6.45, 7) is 2.67. The molecule has 0 heterocycles. The predicted octanol–water partition coefficient (Wildman–Crippen LogP) is 8.80. The van der Waals surface area contributed by atoms with Gasteiger partial charge in [0.2, 0.25) is 0 Å². The molecule has 0 bridgehead atoms. The summed E-state index contributed by atoms with van der Waals surface area (Å²) in [6.07, 6.45) is 9.91. The smallest absolute Gasteiger partial charge is 0.185 e. The van der Waals surface area contributed by atoms with Gasteiger partial charge in [-0.3, -0.25) is 4.79 Å². The van der Waals surface area contributed by atoms with Crippen LogP contribution in [0, 0.1) is 5.92 Å². The van der Waals surface area contributed by atoms with Crippen LogP contribution in [0.15, 0.2) is 97.1 Å². The van der Waals surface area contributed by atoms with E-state index >= 15 is 0 Å². The summed E-state index contributed by atoms with van der Waals surface area (Å²) in [7, 11) is 0. The number of ketones is 1. The van der Waals surface area contributed by atoms with Gasteiger partial charge in [-0.1, -0.05) is 43.7 Å². The lowest BCUT2D eigenvalue weighted by Crippen LogP contribution is -2.12. The first-order chi connectivity index (χ1) is 19.9. The SMILES string of the molecule is CCC1CCC(c2ccc(Oc3ccc(C(=O)/C=C/c4ccc(OCc5cc(N)cc(N)c5)cc4)cc3)cc2)CC1. The molecule has 5 rings (SSSR count). The van der Waals surface area contributed by atoms with E-state index < -0.39 is 0 Å². The molecule has 0 saturated heterocycles. The first-order valence-electron chi connectivity index (χ1n) is 14.4. The summed E-state index contributed by atoms with van der Waals surface area (Å²) in [5.74, 6) is 3.73. The van der Waals surface area contributed by atoms with Crippen molar-refractivity contribution in [3.05, 3.63) is 119 Å². The molecule has 41 heavy (non-hydrogen) atoms. The fourth-order valence-corrected chi connectivity index (χ4v) is 5.47. The van der Waals surface area contributed by atoms with Crippen molar-refractivity contribution in [3.63, 3.8) is 0 Å². The Morgan fingerprint density at radius 1 is 0.780 bits per heavy atom. The molecule has 0 aliphatic heterocycles. The molecule has 1 aliphatic carbocycles. The van der Waals surface area contributed by atoms with E-state index in [4.69, 9.17) is 20.9 Å². The summed E-state index contributed by atoms with van der Waals surface area (Å²) < 4.78 is 11.9. The van der Waals surface area contributed by atoms with Crippen LogP contribution < -0.4 is 20.9 Å². The maximum atomic E-state index is 12.7. The number of carbonyl (C=O) groups is 1. The summed E-state index contributed by atoms with van der Waals surface area (Å²) in [5, 5.41) is 0. The molecule has 4 aromatic rings. The zero-order valence-corrected chi connectivity index (χ0v) is 23.6. The third-order valence-corrected chi connectivity index (χ3v) is 7.90. The zero-order valence-electron chi connectivity index (χ0n) is 23.6. The molecular weight excluding hydrogens is 508 g/mol. The van der Waals surface area contributed by atoms with E-state index in [1.54, 1.807) is 30.4 Å². The van der Waals surface area contributed by atoms with Gasteiger partial charge in [0, 0.05) is 16.9 Å². The standard InChI is InChI=1S/C36H38N2O3/c1-2-25-3-8-28(9-4-25)29-10-16-34(17-11-29)41-35-18-12-30(13-19-35)36(39)20-7-26-5-14-33(15-6-26)40-24-27-21-31(37)23-32(38)22-27/h5-7,10-23,25,28H,2-4,8-9,24,37-38H2,1H3/b20-7+. The molecule has 210 valence electrons. The fraction of sp³-hybridized carbons (Fsp3) is 0.250. The van der Waals surface area contributed by atoms with E-state index in [1.807, 2.05) is 60.7 Å². The van der Waals surface area contributed by atoms with Crippen molar-refractivity contribution in [1.29, 1.82) is 0 Å². The number of nitrogen functional groups attached to an aromatic ring is 2. The van der Waals surface area contributed by atoms with Crippen LogP contribution in [0.5, 0.6) is 17.2 Å². The second kappa shape index (κ2) is 13.2. The molecule has 1 fully saturated rings. The Kier molecular flexibility index (Phi) is 9.05. The predicted molar refractivity (Wildman–Crippen MR) is 167 cm³/mol. The Morgan fingerprint density at radius 3 is 1.98 bits per heavy atom. The van der Waals surface area contributed by atoms with Gasteiger partial charge >= 0.3 is 0 Å². The molecule has 1 aliphatic rings. The van der Waals surface area contributed by atoms with Gasteiger partial charge in [0.25, 0.3) is 0 Å². The minimum Gasteiger partial charge on any atom is -0.489 e. The monoisotopic (exact) mass is 546 g/mol. The molecular formula is C36H38N2O3. The van der Waals surface area contributed by atoms with Crippen LogP contribution in [-0.2, 0) is 6.61 Å². The van der Waals surface area contributed by atoms with Crippen molar-refractivity contribution in [1.82, 2.24) is 0 Å². The molecule has 0 spiro atoms. The van der Waals surface area contributed by atoms with E-state index in [-0.39, 0.29) is 5.78 Å². The Hall–Kier alpha value is -4.51. The number of anilines is 2. The summed E-state index contributed by atoms with van der Waals surface area (Å²) in [5.41, 5.74) is 16.7. The number of carbonyl (C=O) groups excluding carboxylic acids is 1. The molecule has 0 radical (unpaired) electrons. The fourth-order valence-electron chi connectivity index (χ4n) is 5.47. The van der Waals surface area contributed by atoms with Gasteiger partial charge in [0.15, 0.2) is 5.78 Å². The first-order valence-corrected chi connectivity index (χ1v) is 14.4. The Balaban J connectivity index is 1.11. The van der Waals surface area contributed by atoms with Gasteiger partial charge in [-0.15, -0.1) is 0 Å². The summed E-state index contributed by atoms with van der Waals surface area (Å²) in [6, 6.07) is 28.7. The molecule has 0 unspecified atom stereocenters. The minimum atomic E-state index is -0.0710. The highest BCUT2D eigenvalue weighted by Crippen LogP contribution is 2.37. The number of rotatable bonds is 10. The van der Waals surface area contributed by atoms with E-state index in [2.05, 4.69) is 19.1 Å². The number of benzene rings is 4. The van der Waals surface area contributed by atoms with Crippen molar-refractivity contribution >= 4 is 23.2 Å². The van der Waals surface area contributed by atoms with Crippen molar-refractivity contribution < 1.29 is 14.3 Å². The Labute approximate surface area is 242 Å². The van der Waals surface area contributed by atoms with Crippen LogP contribution in [0.25, 0.3) is 6.08 Å². The Bertz CT molecular complexity index is 1450. The van der Waals surface area contributed by atoms with Gasteiger partial charge in [0.1, 0.15) is 23.9 Å². The lowest BCUT2D eigenvalue weighted by atomic mass is 9.78. The maximum Gasteiger partial charge on any atom is 0.185 e. The van der Waals surface area contributed by atoms with Gasteiger partial charge in [-0.2, -0.15) is 0 Å². The largest absolute Gasteiger partial charge is 0.489 e. The number of allylic oxidation sites excluding steroid dienone is 1. The zero-order chi connectivity index (χ0) is 28.6. The molecule has 0 atom stereocenters. The number of nitrogens with two attached hydrogens (primary N) is 2. The summed E-state index contributed by atoms with van der Waals surface area (Å²) in [4.78, 5) is 12.7. The second-order valence-corrected chi connectivity index (χ2v) is 10.9. The van der Waals surface area contributed by atoms with Gasteiger partial charge in [0.05, 0.1) is 0 Å². The Morgan fingerprint density at radius 2 is 1.37 bits per heavy atom. The highest BCUT2D eigenvalue weighted by atomic mass is 16.5. The van der Waals surface area contributed by atoms with Gasteiger partial charge in [-0.25, -0.2) is 0 Å². The van der Waals surface area contributed by atoms with Crippen molar-refractivity contribution in [2.45, 2.75) is 51.6 Å². The maximum absolute atomic E-state index is 12.7. The van der Waals surface area contributed by atoms with E-state index in [1.165, 1.54) is 37.7 Å². The molecule has 0 amide bonds. The number of ether oxygens (including phenoxy) is 2. The van der Waals surface area contributed by atoms with Crippen molar-refractivity contribution in [2.24, 2.45) is 5.92 Å². The van der Waals surface area contributed by atoms with E-state index in [0.29, 0.717) is 35.2 Å². The topological polar surface area (TPSA) is 87.6 Å². The molecule has 4 aromatic carbocycles. The molecule has 1 saturated carbocycles. The highest BCUT2D eigenvalue weighted by Gasteiger charge is 2.21. The van der Waals surface area contributed by atoms with E-state index in [9.17, 15) is 4.79 Å². The van der Waals surface area contributed by atoms with Crippen LogP contribution in [0.2, 0.25) is 0 Å². The lowest BCUT2D eigenvalue weighted by molar-refractivity contribution is 0.104. The van der Waals surface area contributed by atoms with Gasteiger partial charge < -0.3 is 20.9 Å². The normalized spacial score (nSPS) is 16.9. The average Bonchev–Trinajstić information content (AvgIpc) is 3.00. The quantitative estimate of drug-likeness (QED) is 0.118. The van der Waals surface area contributed by atoms with Gasteiger partial charge in [-0.05, 0) is 127 Å². The van der Waals surface area contributed by atoms with Crippen molar-refractivity contribution in [3.8, 4) is 17.2 Å². The molecule has 4 N–H and O–H groups in total. The molecule has 5 heteroatoms. The van der Waals surface area contributed by atoms with Crippen LogP contribution in [0.1, 0.15) is 72.0 Å². The third-order valence-electron chi connectivity index (χ3n) is 7.90. The van der Waals surface area contributed by atoms with Crippen LogP contribution in [0.4, 0.5) is 11.4 Å². The highest BCUT2D eigenvalue weighted by molar-refractivity contribution is 6.06. The van der Waals surface area contributed by atoms with E-state index in [0.717, 1.165) is 28.5 Å². The van der Waals surface area contributed by atoms with Crippen LogP contribution in [0.3, 0.4) is 0 Å². The minimum absolute atomic E-state index is 0.0710. The van der Waals surface area contributed by atoms with Crippen LogP contribution in [-0.4, -0.2) is 5.78 Å². The second-order valence-electron chi connectivity index (χ2n) is 10.9. The summed E-state index contributed by atoms with van der Waals surface area (Å²) >= 11 is 0. The number of hydrogen-bond donors (Lipinski definition) is 2. The first kappa shape index (κ1) is 28.0. The molecule has 5 nitrogen and oxygen atoms in total. The lowest BCUT2D eigenvalue weighted by Gasteiger charge is -2.28. The average molecular weight is 547 g/mol. The van der Waals surface area contributed by atoms with Crippen molar-refractivity contribution in [2.75, 3.05) is 11.5 Å². The molecule has 0 aromatic heterocycles. The van der Waals surface area contributed by atoms with Crippen LogP contribution >= 0.6 is 0 Å².